The van der Waals surface area contributed by atoms with Crippen LogP contribution in [0.3, 0.4) is 0 Å². The lowest BCUT2D eigenvalue weighted by atomic mass is 10.1. The van der Waals surface area contributed by atoms with Crippen molar-refractivity contribution in [2.45, 2.75) is 19.3 Å². The quantitative estimate of drug-likeness (QED) is 0.750. The van der Waals surface area contributed by atoms with E-state index in [1.165, 1.54) is 0 Å². The average Bonchev–Trinajstić information content (AvgIpc) is 2.01. The molecule has 0 aliphatic carbocycles. The molecule has 1 rings (SSSR count). The molecule has 0 amide bonds. The van der Waals surface area contributed by atoms with E-state index >= 15 is 0 Å². The van der Waals surface area contributed by atoms with Crippen LogP contribution in [0.4, 0.5) is 8.78 Å². The highest BCUT2D eigenvalue weighted by Gasteiger charge is 2.02. The summed E-state index contributed by atoms with van der Waals surface area (Å²) in [6, 6.07) is 7.45. The average molecular weight is 235 g/mol. The van der Waals surface area contributed by atoms with Crippen molar-refractivity contribution in [3.8, 4) is 0 Å². The predicted octanol–water partition coefficient (Wildman–Crippen LogP) is 3.65. The van der Waals surface area contributed by atoms with E-state index in [1.54, 1.807) is 0 Å². The van der Waals surface area contributed by atoms with Crippen molar-refractivity contribution in [2.75, 3.05) is 0 Å². The zero-order valence-electron chi connectivity index (χ0n) is 6.43. The maximum absolute atomic E-state index is 11.8. The Morgan fingerprint density at radius 2 is 2.08 bits per heavy atom. The first-order valence-electron chi connectivity index (χ1n) is 3.71. The molecule has 0 aromatic heterocycles. The summed E-state index contributed by atoms with van der Waals surface area (Å²) in [5.41, 5.74) is 0.949. The lowest BCUT2D eigenvalue weighted by Gasteiger charge is -2.00. The standard InChI is InChI=1S/C9H9BrF2/c10-8-3-1-2-7(6-8)4-5-9(11)12/h1-3,6,9H,4-5H2. The van der Waals surface area contributed by atoms with E-state index in [1.807, 2.05) is 24.3 Å². The Morgan fingerprint density at radius 1 is 1.33 bits per heavy atom. The van der Waals surface area contributed by atoms with Crippen LogP contribution in [-0.4, -0.2) is 6.43 Å². The van der Waals surface area contributed by atoms with Gasteiger partial charge in [0.15, 0.2) is 0 Å². The van der Waals surface area contributed by atoms with Crippen molar-refractivity contribution in [2.24, 2.45) is 0 Å². The molecule has 12 heavy (non-hydrogen) atoms. The van der Waals surface area contributed by atoms with Crippen LogP contribution >= 0.6 is 15.9 Å². The maximum atomic E-state index is 11.8. The number of alkyl halides is 2. The van der Waals surface area contributed by atoms with Crippen molar-refractivity contribution in [1.29, 1.82) is 0 Å². The monoisotopic (exact) mass is 234 g/mol. The highest BCUT2D eigenvalue weighted by Crippen LogP contribution is 2.14. The number of halogens is 3. The molecule has 0 aliphatic rings. The third-order valence-corrected chi connectivity index (χ3v) is 2.03. The smallest absolute Gasteiger partial charge is 0.211 e. The van der Waals surface area contributed by atoms with Crippen molar-refractivity contribution in [3.63, 3.8) is 0 Å². The number of benzene rings is 1. The molecular weight excluding hydrogens is 226 g/mol. The molecule has 66 valence electrons. The highest BCUT2D eigenvalue weighted by atomic mass is 79.9. The molecule has 0 unspecified atom stereocenters. The van der Waals surface area contributed by atoms with Crippen LogP contribution in [-0.2, 0) is 6.42 Å². The molecule has 3 heteroatoms. The van der Waals surface area contributed by atoms with Gasteiger partial charge in [-0.1, -0.05) is 28.1 Å². The van der Waals surface area contributed by atoms with E-state index in [2.05, 4.69) is 15.9 Å². The van der Waals surface area contributed by atoms with E-state index in [9.17, 15) is 8.78 Å². The molecule has 0 spiro atoms. The van der Waals surface area contributed by atoms with E-state index in [-0.39, 0.29) is 6.42 Å². The normalized spacial score (nSPS) is 10.7. The second-order valence-electron chi connectivity index (χ2n) is 2.56. The van der Waals surface area contributed by atoms with Crippen LogP contribution < -0.4 is 0 Å². The van der Waals surface area contributed by atoms with E-state index in [0.29, 0.717) is 6.42 Å². The first-order chi connectivity index (χ1) is 5.68. The summed E-state index contributed by atoms with van der Waals surface area (Å²) in [6.07, 6.45) is -1.82. The zero-order chi connectivity index (χ0) is 8.97. The van der Waals surface area contributed by atoms with Gasteiger partial charge in [0.2, 0.25) is 6.43 Å². The Labute approximate surface area is 78.7 Å². The minimum atomic E-state index is -2.20. The molecule has 0 saturated carbocycles. The highest BCUT2D eigenvalue weighted by molar-refractivity contribution is 9.10. The molecular formula is C9H9BrF2. The third kappa shape index (κ3) is 3.30. The lowest BCUT2D eigenvalue weighted by molar-refractivity contribution is 0.138. The van der Waals surface area contributed by atoms with Crippen LogP contribution in [0.2, 0.25) is 0 Å². The number of hydrogen-bond donors (Lipinski definition) is 0. The minimum Gasteiger partial charge on any atom is -0.211 e. The van der Waals surface area contributed by atoms with Crippen LogP contribution in [0, 0.1) is 0 Å². The second-order valence-corrected chi connectivity index (χ2v) is 3.48. The van der Waals surface area contributed by atoms with Gasteiger partial charge in [-0.25, -0.2) is 8.78 Å². The van der Waals surface area contributed by atoms with Crippen molar-refractivity contribution >= 4 is 15.9 Å². The summed E-state index contributed by atoms with van der Waals surface area (Å²) in [5, 5.41) is 0. The third-order valence-electron chi connectivity index (χ3n) is 1.54. The van der Waals surface area contributed by atoms with Crippen LogP contribution in [0.5, 0.6) is 0 Å². The predicted molar refractivity (Wildman–Crippen MR) is 48.5 cm³/mol. The van der Waals surface area contributed by atoms with Gasteiger partial charge in [0.25, 0.3) is 0 Å². The van der Waals surface area contributed by atoms with Crippen molar-refractivity contribution in [1.82, 2.24) is 0 Å². The summed E-state index contributed by atoms with van der Waals surface area (Å²) < 4.78 is 24.6. The number of hydrogen-bond acceptors (Lipinski definition) is 0. The summed E-state index contributed by atoms with van der Waals surface area (Å²) in [4.78, 5) is 0. The summed E-state index contributed by atoms with van der Waals surface area (Å²) in [5.74, 6) is 0. The molecule has 0 saturated heterocycles. The number of aryl methyl sites for hydroxylation is 1. The molecule has 0 atom stereocenters. The summed E-state index contributed by atoms with van der Waals surface area (Å²) >= 11 is 3.28. The second kappa shape index (κ2) is 4.55. The SMILES string of the molecule is FC(F)CCc1cccc(Br)c1. The molecule has 0 bridgehead atoms. The molecule has 0 radical (unpaired) electrons. The Kier molecular flexibility index (Phi) is 3.66. The Balaban J connectivity index is 2.52. The van der Waals surface area contributed by atoms with Gasteiger partial charge in [0.05, 0.1) is 0 Å². The molecule has 1 aromatic carbocycles. The van der Waals surface area contributed by atoms with Gasteiger partial charge >= 0.3 is 0 Å². The van der Waals surface area contributed by atoms with E-state index in [4.69, 9.17) is 0 Å². The van der Waals surface area contributed by atoms with Gasteiger partial charge in [0.1, 0.15) is 0 Å². The molecule has 0 fully saturated rings. The Morgan fingerprint density at radius 3 is 2.67 bits per heavy atom. The van der Waals surface area contributed by atoms with Crippen LogP contribution in [0.15, 0.2) is 28.7 Å². The Hall–Kier alpha value is -0.440. The largest absolute Gasteiger partial charge is 0.239 e. The van der Waals surface area contributed by atoms with Gasteiger partial charge in [0, 0.05) is 10.9 Å². The van der Waals surface area contributed by atoms with E-state index < -0.39 is 6.43 Å². The first kappa shape index (κ1) is 9.65. The summed E-state index contributed by atoms with van der Waals surface area (Å²) in [7, 11) is 0. The molecule has 1 aromatic rings. The molecule has 0 nitrogen and oxygen atoms in total. The first-order valence-corrected chi connectivity index (χ1v) is 4.50. The Bertz CT molecular complexity index is 248. The maximum Gasteiger partial charge on any atom is 0.239 e. The van der Waals surface area contributed by atoms with Crippen molar-refractivity contribution < 1.29 is 8.78 Å². The lowest BCUT2D eigenvalue weighted by Crippen LogP contribution is -1.93. The molecule has 0 N–H and O–H groups in total. The van der Waals surface area contributed by atoms with Gasteiger partial charge in [-0.3, -0.25) is 0 Å². The zero-order valence-corrected chi connectivity index (χ0v) is 8.02. The van der Waals surface area contributed by atoms with Crippen LogP contribution in [0.1, 0.15) is 12.0 Å². The van der Waals surface area contributed by atoms with Gasteiger partial charge in [-0.2, -0.15) is 0 Å². The van der Waals surface area contributed by atoms with Crippen LogP contribution in [0.25, 0.3) is 0 Å². The molecule has 0 aliphatic heterocycles. The fraction of sp³-hybridized carbons (Fsp3) is 0.333. The van der Waals surface area contributed by atoms with E-state index in [0.717, 1.165) is 10.0 Å². The van der Waals surface area contributed by atoms with Gasteiger partial charge < -0.3 is 0 Å². The fourth-order valence-corrected chi connectivity index (χ4v) is 1.41. The van der Waals surface area contributed by atoms with Gasteiger partial charge in [-0.05, 0) is 24.1 Å². The molecule has 0 heterocycles. The number of rotatable bonds is 3. The topological polar surface area (TPSA) is 0 Å². The fourth-order valence-electron chi connectivity index (χ4n) is 0.968. The summed E-state index contributed by atoms with van der Waals surface area (Å²) in [6.45, 7) is 0. The van der Waals surface area contributed by atoms with Crippen molar-refractivity contribution in [3.05, 3.63) is 34.3 Å². The van der Waals surface area contributed by atoms with Gasteiger partial charge in [-0.15, -0.1) is 0 Å². The minimum absolute atomic E-state index is 0.0591.